The predicted molar refractivity (Wildman–Crippen MR) is 110 cm³/mol. The summed E-state index contributed by atoms with van der Waals surface area (Å²) >= 11 is 0. The first-order valence-electron chi connectivity index (χ1n) is 9.66. The summed E-state index contributed by atoms with van der Waals surface area (Å²) in [5, 5.41) is 2.78. The van der Waals surface area contributed by atoms with Gasteiger partial charge in [0, 0.05) is 13.1 Å². The molecular weight excluding hydrogens is 392 g/mol. The first-order valence-corrected chi connectivity index (χ1v) is 11.1. The van der Waals surface area contributed by atoms with Crippen molar-refractivity contribution in [3.63, 3.8) is 0 Å². The smallest absolute Gasteiger partial charge is 0.255 e. The van der Waals surface area contributed by atoms with Crippen LogP contribution >= 0.6 is 0 Å². The number of para-hydroxylation sites is 1. The van der Waals surface area contributed by atoms with Gasteiger partial charge < -0.3 is 14.8 Å². The number of hydrogen-bond donors (Lipinski definition) is 1. The summed E-state index contributed by atoms with van der Waals surface area (Å²) < 4.78 is 37.6. The van der Waals surface area contributed by atoms with Gasteiger partial charge in [0.1, 0.15) is 18.1 Å². The lowest BCUT2D eigenvalue weighted by Crippen LogP contribution is -2.35. The number of ether oxygens (including phenoxy) is 2. The highest BCUT2D eigenvalue weighted by molar-refractivity contribution is 7.89. The van der Waals surface area contributed by atoms with E-state index in [0.717, 1.165) is 19.3 Å². The van der Waals surface area contributed by atoms with Gasteiger partial charge in [0.25, 0.3) is 5.91 Å². The maximum atomic E-state index is 12.6. The van der Waals surface area contributed by atoms with Gasteiger partial charge in [-0.1, -0.05) is 18.6 Å². The van der Waals surface area contributed by atoms with Crippen molar-refractivity contribution < 1.29 is 22.7 Å². The molecule has 0 unspecified atom stereocenters. The van der Waals surface area contributed by atoms with E-state index >= 15 is 0 Å². The van der Waals surface area contributed by atoms with E-state index in [1.165, 1.54) is 7.11 Å². The van der Waals surface area contributed by atoms with E-state index in [9.17, 15) is 13.2 Å². The Balaban J connectivity index is 1.50. The minimum absolute atomic E-state index is 0.242. The molecule has 0 radical (unpaired) electrons. The highest BCUT2D eigenvalue weighted by Crippen LogP contribution is 2.22. The molecule has 7 nitrogen and oxygen atoms in total. The van der Waals surface area contributed by atoms with E-state index in [2.05, 4.69) is 5.32 Å². The number of amides is 1. The van der Waals surface area contributed by atoms with Crippen LogP contribution in [0.3, 0.4) is 0 Å². The molecule has 1 fully saturated rings. The zero-order chi connectivity index (χ0) is 20.7. The molecule has 8 heteroatoms. The van der Waals surface area contributed by atoms with Crippen molar-refractivity contribution in [1.82, 2.24) is 9.62 Å². The van der Waals surface area contributed by atoms with Crippen LogP contribution < -0.4 is 14.8 Å². The summed E-state index contributed by atoms with van der Waals surface area (Å²) in [6.07, 6.45) is 2.88. The monoisotopic (exact) mass is 418 g/mol. The van der Waals surface area contributed by atoms with E-state index in [1.807, 2.05) is 0 Å². The standard InChI is InChI=1S/C21H26N2O5S/c1-27-20-8-4-3-7-19(20)21(24)22-13-16-28-17-9-11-18(12-10-17)29(25,26)23-14-5-2-6-15-23/h3-4,7-12H,2,5-6,13-16H2,1H3,(H,22,24). The van der Waals surface area contributed by atoms with Gasteiger partial charge in [-0.25, -0.2) is 8.42 Å². The van der Waals surface area contributed by atoms with E-state index in [0.29, 0.717) is 36.7 Å². The number of carbonyl (C=O) groups is 1. The first-order chi connectivity index (χ1) is 14.0. The number of methoxy groups -OCH3 is 1. The molecule has 1 amide bonds. The lowest BCUT2D eigenvalue weighted by Gasteiger charge is -2.25. The molecule has 0 spiro atoms. The summed E-state index contributed by atoms with van der Waals surface area (Å²) in [5.74, 6) is 0.819. The summed E-state index contributed by atoms with van der Waals surface area (Å²) in [5.41, 5.74) is 0.460. The molecule has 0 saturated carbocycles. The normalized spacial score (nSPS) is 14.9. The second-order valence-electron chi connectivity index (χ2n) is 6.74. The lowest BCUT2D eigenvalue weighted by molar-refractivity contribution is 0.0944. The number of rotatable bonds is 8. The molecule has 2 aromatic carbocycles. The molecule has 1 saturated heterocycles. The van der Waals surface area contributed by atoms with Crippen LogP contribution in [0.15, 0.2) is 53.4 Å². The van der Waals surface area contributed by atoms with Crippen molar-refractivity contribution in [1.29, 1.82) is 0 Å². The number of nitrogens with one attached hydrogen (secondary N) is 1. The number of nitrogens with zero attached hydrogens (tertiary/aromatic N) is 1. The molecule has 1 aliphatic rings. The quantitative estimate of drug-likeness (QED) is 0.667. The van der Waals surface area contributed by atoms with Gasteiger partial charge in [0.2, 0.25) is 10.0 Å². The molecule has 29 heavy (non-hydrogen) atoms. The number of benzene rings is 2. The van der Waals surface area contributed by atoms with Gasteiger partial charge in [0.15, 0.2) is 0 Å². The van der Waals surface area contributed by atoms with Gasteiger partial charge in [-0.3, -0.25) is 4.79 Å². The predicted octanol–water partition coefficient (Wildman–Crippen LogP) is 2.68. The molecule has 0 aliphatic carbocycles. The van der Waals surface area contributed by atoms with Crippen molar-refractivity contribution in [3.05, 3.63) is 54.1 Å². The summed E-state index contributed by atoms with van der Waals surface area (Å²) in [7, 11) is -1.93. The molecule has 3 rings (SSSR count). The van der Waals surface area contributed by atoms with Gasteiger partial charge >= 0.3 is 0 Å². The minimum Gasteiger partial charge on any atom is -0.496 e. The van der Waals surface area contributed by atoms with Crippen LogP contribution in [0.25, 0.3) is 0 Å². The van der Waals surface area contributed by atoms with Crippen molar-refractivity contribution in [2.24, 2.45) is 0 Å². The maximum Gasteiger partial charge on any atom is 0.255 e. The van der Waals surface area contributed by atoms with E-state index in [1.54, 1.807) is 52.8 Å². The largest absolute Gasteiger partial charge is 0.496 e. The fourth-order valence-electron chi connectivity index (χ4n) is 3.22. The Labute approximate surface area is 171 Å². The topological polar surface area (TPSA) is 84.9 Å². The summed E-state index contributed by atoms with van der Waals surface area (Å²) in [6, 6.07) is 13.4. The van der Waals surface area contributed by atoms with Crippen molar-refractivity contribution in [2.45, 2.75) is 24.2 Å². The summed E-state index contributed by atoms with van der Waals surface area (Å²) in [4.78, 5) is 12.5. The Bertz CT molecular complexity index is 922. The van der Waals surface area contributed by atoms with E-state index < -0.39 is 10.0 Å². The van der Waals surface area contributed by atoms with Crippen LogP contribution in [0.1, 0.15) is 29.6 Å². The third kappa shape index (κ3) is 5.27. The van der Waals surface area contributed by atoms with E-state index in [-0.39, 0.29) is 17.4 Å². The molecule has 1 aliphatic heterocycles. The second-order valence-corrected chi connectivity index (χ2v) is 8.68. The summed E-state index contributed by atoms with van der Waals surface area (Å²) in [6.45, 7) is 1.72. The third-order valence-electron chi connectivity index (χ3n) is 4.78. The number of piperidine rings is 1. The Kier molecular flexibility index (Phi) is 7.11. The zero-order valence-electron chi connectivity index (χ0n) is 16.5. The lowest BCUT2D eigenvalue weighted by atomic mass is 10.2. The highest BCUT2D eigenvalue weighted by Gasteiger charge is 2.25. The highest BCUT2D eigenvalue weighted by atomic mass is 32.2. The molecule has 156 valence electrons. The molecule has 0 atom stereocenters. The fraction of sp³-hybridized carbons (Fsp3) is 0.381. The maximum absolute atomic E-state index is 12.6. The fourth-order valence-corrected chi connectivity index (χ4v) is 4.74. The molecule has 0 aromatic heterocycles. The van der Waals surface area contributed by atoms with Crippen LogP contribution in [0.4, 0.5) is 0 Å². The Morgan fingerprint density at radius 3 is 2.41 bits per heavy atom. The average Bonchev–Trinajstić information content (AvgIpc) is 2.77. The number of hydrogen-bond acceptors (Lipinski definition) is 5. The third-order valence-corrected chi connectivity index (χ3v) is 6.70. The van der Waals surface area contributed by atoms with Crippen LogP contribution in [0.2, 0.25) is 0 Å². The van der Waals surface area contributed by atoms with Gasteiger partial charge in [-0.2, -0.15) is 4.31 Å². The average molecular weight is 419 g/mol. The van der Waals surface area contributed by atoms with Crippen LogP contribution in [-0.4, -0.2) is 52.0 Å². The molecule has 2 aromatic rings. The zero-order valence-corrected chi connectivity index (χ0v) is 17.3. The SMILES string of the molecule is COc1ccccc1C(=O)NCCOc1ccc(S(=O)(=O)N2CCCCC2)cc1. The van der Waals surface area contributed by atoms with E-state index in [4.69, 9.17) is 9.47 Å². The molecule has 1 heterocycles. The van der Waals surface area contributed by atoms with Crippen molar-refractivity contribution in [2.75, 3.05) is 33.4 Å². The van der Waals surface area contributed by atoms with Gasteiger partial charge in [-0.05, 0) is 49.2 Å². The van der Waals surface area contributed by atoms with Crippen LogP contribution in [-0.2, 0) is 10.0 Å². The molecule has 1 N–H and O–H groups in total. The van der Waals surface area contributed by atoms with Crippen LogP contribution in [0, 0.1) is 0 Å². The van der Waals surface area contributed by atoms with Gasteiger partial charge in [-0.15, -0.1) is 0 Å². The van der Waals surface area contributed by atoms with Crippen molar-refractivity contribution in [3.8, 4) is 11.5 Å². The molecular formula is C21H26N2O5S. The number of sulfonamides is 1. The molecule has 0 bridgehead atoms. The number of carbonyl (C=O) groups excluding carboxylic acids is 1. The Hall–Kier alpha value is -2.58. The van der Waals surface area contributed by atoms with Crippen molar-refractivity contribution >= 4 is 15.9 Å². The Morgan fingerprint density at radius 2 is 1.72 bits per heavy atom. The second kappa shape index (κ2) is 9.76. The van der Waals surface area contributed by atoms with Crippen LogP contribution in [0.5, 0.6) is 11.5 Å². The first kappa shape index (κ1) is 21.1. The Morgan fingerprint density at radius 1 is 1.03 bits per heavy atom. The minimum atomic E-state index is -3.44. The van der Waals surface area contributed by atoms with Gasteiger partial charge in [0.05, 0.1) is 24.1 Å².